The van der Waals surface area contributed by atoms with Gasteiger partial charge < -0.3 is 15.0 Å². The van der Waals surface area contributed by atoms with Gasteiger partial charge in [-0.25, -0.2) is 0 Å². The molecule has 0 unspecified atom stereocenters. The molecule has 0 aliphatic carbocycles. The summed E-state index contributed by atoms with van der Waals surface area (Å²) in [7, 11) is 1.63. The number of piperidine rings is 1. The maximum Gasteiger partial charge on any atom is 0.227 e. The van der Waals surface area contributed by atoms with Crippen molar-refractivity contribution in [1.82, 2.24) is 4.90 Å². The molecule has 23 heavy (non-hydrogen) atoms. The largest absolute Gasteiger partial charge is 0.495 e. The Morgan fingerprint density at radius 1 is 1.22 bits per heavy atom. The number of carbonyl (C=O) groups excluding carboxylic acids is 1. The van der Waals surface area contributed by atoms with Gasteiger partial charge in [-0.2, -0.15) is 0 Å². The lowest BCUT2D eigenvalue weighted by Crippen LogP contribution is -2.38. The summed E-state index contributed by atoms with van der Waals surface area (Å²) in [5.41, 5.74) is 0.766. The van der Waals surface area contributed by atoms with E-state index in [2.05, 4.69) is 17.1 Å². The van der Waals surface area contributed by atoms with E-state index < -0.39 is 0 Å². The number of amides is 1. The van der Waals surface area contributed by atoms with E-state index >= 15 is 0 Å². The summed E-state index contributed by atoms with van der Waals surface area (Å²) < 4.78 is 5.29. The SMILES string of the molecule is CCCCCCN1CCC(C(=O)Nc2ccccc2OC)CC1. The number of nitrogens with one attached hydrogen (secondary N) is 1. The normalized spacial score (nSPS) is 16.3. The zero-order valence-corrected chi connectivity index (χ0v) is 14.5. The Labute approximate surface area is 140 Å². The number of hydrogen-bond acceptors (Lipinski definition) is 3. The molecular weight excluding hydrogens is 288 g/mol. The number of rotatable bonds is 8. The lowest BCUT2D eigenvalue weighted by atomic mass is 9.95. The zero-order chi connectivity index (χ0) is 16.5. The molecule has 0 aromatic heterocycles. The second-order valence-electron chi connectivity index (χ2n) is 6.37. The van der Waals surface area contributed by atoms with Gasteiger partial charge in [0.1, 0.15) is 5.75 Å². The first-order valence-electron chi connectivity index (χ1n) is 8.90. The number of carbonyl (C=O) groups is 1. The van der Waals surface area contributed by atoms with Crippen LogP contribution in [0.2, 0.25) is 0 Å². The van der Waals surface area contributed by atoms with Gasteiger partial charge in [-0.3, -0.25) is 4.79 Å². The Bertz CT molecular complexity index is 482. The molecule has 1 aliphatic heterocycles. The van der Waals surface area contributed by atoms with Crippen LogP contribution in [0.25, 0.3) is 0 Å². The van der Waals surface area contributed by atoms with Crippen molar-refractivity contribution in [2.24, 2.45) is 5.92 Å². The van der Waals surface area contributed by atoms with Crippen LogP contribution in [0, 0.1) is 5.92 Å². The standard InChI is InChI=1S/C19H30N2O2/c1-3-4-5-8-13-21-14-11-16(12-15-21)19(22)20-17-9-6-7-10-18(17)23-2/h6-7,9-10,16H,3-5,8,11-15H2,1-2H3,(H,20,22). The van der Waals surface area contributed by atoms with Crippen molar-refractivity contribution in [1.29, 1.82) is 0 Å². The van der Waals surface area contributed by atoms with Crippen LogP contribution >= 0.6 is 0 Å². The summed E-state index contributed by atoms with van der Waals surface area (Å²) in [6, 6.07) is 7.58. The lowest BCUT2D eigenvalue weighted by molar-refractivity contribution is -0.121. The molecule has 4 heteroatoms. The quantitative estimate of drug-likeness (QED) is 0.739. The van der Waals surface area contributed by atoms with Crippen LogP contribution in [-0.2, 0) is 4.79 Å². The summed E-state index contributed by atoms with van der Waals surface area (Å²) in [5, 5.41) is 3.02. The van der Waals surface area contributed by atoms with Gasteiger partial charge in [0.2, 0.25) is 5.91 Å². The third-order valence-corrected chi connectivity index (χ3v) is 4.65. The van der Waals surface area contributed by atoms with Gasteiger partial charge in [0.05, 0.1) is 12.8 Å². The third kappa shape index (κ3) is 5.54. The molecule has 1 N–H and O–H groups in total. The first-order valence-corrected chi connectivity index (χ1v) is 8.90. The summed E-state index contributed by atoms with van der Waals surface area (Å²) >= 11 is 0. The van der Waals surface area contributed by atoms with Gasteiger partial charge in [0.15, 0.2) is 0 Å². The minimum Gasteiger partial charge on any atom is -0.495 e. The topological polar surface area (TPSA) is 41.6 Å². The number of anilines is 1. The van der Waals surface area contributed by atoms with E-state index in [1.165, 1.54) is 32.2 Å². The fourth-order valence-electron chi connectivity index (χ4n) is 3.16. The average Bonchev–Trinajstić information content (AvgIpc) is 2.59. The van der Waals surface area contributed by atoms with E-state index in [1.807, 2.05) is 24.3 Å². The highest BCUT2D eigenvalue weighted by atomic mass is 16.5. The van der Waals surface area contributed by atoms with E-state index in [0.29, 0.717) is 5.75 Å². The first-order chi connectivity index (χ1) is 11.2. The van der Waals surface area contributed by atoms with Crippen molar-refractivity contribution in [2.45, 2.75) is 45.4 Å². The maximum atomic E-state index is 12.5. The molecule has 1 amide bonds. The van der Waals surface area contributed by atoms with Crippen molar-refractivity contribution >= 4 is 11.6 Å². The van der Waals surface area contributed by atoms with Gasteiger partial charge in [-0.15, -0.1) is 0 Å². The van der Waals surface area contributed by atoms with Crippen molar-refractivity contribution in [3.05, 3.63) is 24.3 Å². The Hall–Kier alpha value is -1.55. The molecule has 128 valence electrons. The van der Waals surface area contributed by atoms with Crippen LogP contribution in [0.1, 0.15) is 45.4 Å². The average molecular weight is 318 g/mol. The molecule has 0 spiro atoms. The maximum absolute atomic E-state index is 12.5. The number of hydrogen-bond donors (Lipinski definition) is 1. The van der Waals surface area contributed by atoms with Gasteiger partial charge in [-0.05, 0) is 51.0 Å². The van der Waals surface area contributed by atoms with Gasteiger partial charge >= 0.3 is 0 Å². The Kier molecular flexibility index (Phi) is 7.40. The molecule has 0 radical (unpaired) electrons. The Morgan fingerprint density at radius 3 is 2.65 bits per heavy atom. The first kappa shape index (κ1) is 17.8. The second-order valence-corrected chi connectivity index (χ2v) is 6.37. The van der Waals surface area contributed by atoms with Crippen LogP contribution in [0.15, 0.2) is 24.3 Å². The number of unbranched alkanes of at least 4 members (excludes halogenated alkanes) is 3. The fourth-order valence-corrected chi connectivity index (χ4v) is 3.16. The predicted octanol–water partition coefficient (Wildman–Crippen LogP) is 3.93. The highest BCUT2D eigenvalue weighted by molar-refractivity contribution is 5.94. The number of likely N-dealkylation sites (tertiary alicyclic amines) is 1. The number of nitrogens with zero attached hydrogens (tertiary/aromatic N) is 1. The van der Waals surface area contributed by atoms with Crippen LogP contribution < -0.4 is 10.1 Å². The van der Waals surface area contributed by atoms with Crippen molar-refractivity contribution in [3.63, 3.8) is 0 Å². The van der Waals surface area contributed by atoms with Gasteiger partial charge in [0.25, 0.3) is 0 Å². The van der Waals surface area contributed by atoms with Gasteiger partial charge in [-0.1, -0.05) is 38.3 Å². The summed E-state index contributed by atoms with van der Waals surface area (Å²) in [6.45, 7) is 5.50. The summed E-state index contributed by atoms with van der Waals surface area (Å²) in [4.78, 5) is 15.0. The highest BCUT2D eigenvalue weighted by Crippen LogP contribution is 2.25. The number of para-hydroxylation sites is 2. The molecule has 1 heterocycles. The molecule has 1 fully saturated rings. The highest BCUT2D eigenvalue weighted by Gasteiger charge is 2.25. The summed E-state index contributed by atoms with van der Waals surface area (Å²) in [6.07, 6.45) is 7.13. The van der Waals surface area contributed by atoms with Crippen LogP contribution in [0.4, 0.5) is 5.69 Å². The van der Waals surface area contributed by atoms with E-state index in [0.717, 1.165) is 31.6 Å². The smallest absolute Gasteiger partial charge is 0.227 e. The molecule has 1 saturated heterocycles. The monoisotopic (exact) mass is 318 g/mol. The molecule has 2 rings (SSSR count). The number of benzene rings is 1. The minimum absolute atomic E-state index is 0.117. The molecule has 1 aromatic rings. The van der Waals surface area contributed by atoms with E-state index in [4.69, 9.17) is 4.74 Å². The van der Waals surface area contributed by atoms with Crippen molar-refractivity contribution < 1.29 is 9.53 Å². The predicted molar refractivity (Wildman–Crippen MR) is 94.9 cm³/mol. The van der Waals surface area contributed by atoms with Crippen LogP contribution in [0.5, 0.6) is 5.75 Å². The molecule has 0 bridgehead atoms. The van der Waals surface area contributed by atoms with Crippen LogP contribution in [-0.4, -0.2) is 37.6 Å². The van der Waals surface area contributed by atoms with E-state index in [9.17, 15) is 4.79 Å². The molecule has 4 nitrogen and oxygen atoms in total. The minimum atomic E-state index is 0.117. The lowest BCUT2D eigenvalue weighted by Gasteiger charge is -2.31. The number of methoxy groups -OCH3 is 1. The van der Waals surface area contributed by atoms with Crippen molar-refractivity contribution in [3.8, 4) is 5.75 Å². The number of ether oxygens (including phenoxy) is 1. The molecule has 0 atom stereocenters. The Morgan fingerprint density at radius 2 is 1.96 bits per heavy atom. The molecule has 0 saturated carbocycles. The summed E-state index contributed by atoms with van der Waals surface area (Å²) in [5.74, 6) is 0.959. The van der Waals surface area contributed by atoms with Crippen LogP contribution in [0.3, 0.4) is 0 Å². The van der Waals surface area contributed by atoms with E-state index in [1.54, 1.807) is 7.11 Å². The fraction of sp³-hybridized carbons (Fsp3) is 0.632. The van der Waals surface area contributed by atoms with Gasteiger partial charge in [0, 0.05) is 5.92 Å². The molecule has 1 aliphatic rings. The third-order valence-electron chi connectivity index (χ3n) is 4.65. The van der Waals surface area contributed by atoms with E-state index in [-0.39, 0.29) is 11.8 Å². The Balaban J connectivity index is 1.75. The zero-order valence-electron chi connectivity index (χ0n) is 14.5. The molecular formula is C19H30N2O2. The second kappa shape index (κ2) is 9.56. The molecule has 1 aromatic carbocycles. The van der Waals surface area contributed by atoms with Crippen molar-refractivity contribution in [2.75, 3.05) is 32.1 Å².